The van der Waals surface area contributed by atoms with E-state index in [0.717, 1.165) is 16.1 Å². The molecule has 0 aliphatic heterocycles. The molecule has 0 radical (unpaired) electrons. The molecular formula is C13H12Cl2N2O. The second-order valence-electron chi connectivity index (χ2n) is 4.05. The molecule has 0 unspecified atom stereocenters. The predicted molar refractivity (Wildman–Crippen MR) is 72.8 cm³/mol. The minimum absolute atomic E-state index is 0.361. The molecular weight excluding hydrogens is 271 g/mol. The van der Waals surface area contributed by atoms with Crippen LogP contribution in [-0.4, -0.2) is 9.97 Å². The summed E-state index contributed by atoms with van der Waals surface area (Å²) in [6.45, 7) is 5.62. The van der Waals surface area contributed by atoms with Gasteiger partial charge in [0, 0.05) is 11.1 Å². The van der Waals surface area contributed by atoms with Crippen molar-refractivity contribution in [2.75, 3.05) is 0 Å². The maximum Gasteiger partial charge on any atom is 0.224 e. The van der Waals surface area contributed by atoms with Gasteiger partial charge in [-0.25, -0.2) is 4.98 Å². The molecule has 1 aromatic heterocycles. The first kappa shape index (κ1) is 13.1. The number of hydrogen-bond donors (Lipinski definition) is 0. The van der Waals surface area contributed by atoms with Crippen molar-refractivity contribution in [3.63, 3.8) is 0 Å². The SMILES string of the molecule is Cc1nc(Cl)cc(Oc2cc(C)c(Cl)c(C)c2)n1. The molecule has 5 heteroatoms. The molecule has 0 saturated carbocycles. The molecule has 0 spiro atoms. The van der Waals surface area contributed by atoms with Gasteiger partial charge >= 0.3 is 0 Å². The van der Waals surface area contributed by atoms with Crippen molar-refractivity contribution in [2.24, 2.45) is 0 Å². The Kier molecular flexibility index (Phi) is 3.73. The Hall–Kier alpha value is -1.32. The zero-order chi connectivity index (χ0) is 13.3. The van der Waals surface area contributed by atoms with Crippen LogP contribution in [0.1, 0.15) is 17.0 Å². The molecule has 0 amide bonds. The van der Waals surface area contributed by atoms with Crippen molar-refractivity contribution < 1.29 is 4.74 Å². The Labute approximate surface area is 116 Å². The summed E-state index contributed by atoms with van der Waals surface area (Å²) in [7, 11) is 0. The van der Waals surface area contributed by atoms with Crippen LogP contribution in [0.25, 0.3) is 0 Å². The van der Waals surface area contributed by atoms with Gasteiger partial charge in [0.15, 0.2) is 0 Å². The van der Waals surface area contributed by atoms with Crippen molar-refractivity contribution in [2.45, 2.75) is 20.8 Å². The van der Waals surface area contributed by atoms with Gasteiger partial charge in [-0.2, -0.15) is 4.98 Å². The second kappa shape index (κ2) is 5.12. The molecule has 0 saturated heterocycles. The summed E-state index contributed by atoms with van der Waals surface area (Å²) in [6, 6.07) is 5.30. The lowest BCUT2D eigenvalue weighted by molar-refractivity contribution is 0.459. The highest BCUT2D eigenvalue weighted by atomic mass is 35.5. The first-order valence-corrected chi connectivity index (χ1v) is 6.17. The van der Waals surface area contributed by atoms with Crippen LogP contribution in [0.15, 0.2) is 18.2 Å². The number of ether oxygens (including phenoxy) is 1. The van der Waals surface area contributed by atoms with Crippen LogP contribution in [0.4, 0.5) is 0 Å². The van der Waals surface area contributed by atoms with E-state index in [1.54, 1.807) is 13.0 Å². The fourth-order valence-electron chi connectivity index (χ4n) is 1.64. The summed E-state index contributed by atoms with van der Waals surface area (Å²) in [5.41, 5.74) is 1.92. The summed E-state index contributed by atoms with van der Waals surface area (Å²) in [4.78, 5) is 8.14. The lowest BCUT2D eigenvalue weighted by atomic mass is 10.1. The van der Waals surface area contributed by atoms with E-state index in [0.29, 0.717) is 22.6 Å². The van der Waals surface area contributed by atoms with E-state index in [2.05, 4.69) is 9.97 Å². The van der Waals surface area contributed by atoms with Gasteiger partial charge in [-0.05, 0) is 44.0 Å². The molecule has 2 rings (SSSR count). The lowest BCUT2D eigenvalue weighted by Gasteiger charge is -2.09. The van der Waals surface area contributed by atoms with Gasteiger partial charge in [-0.3, -0.25) is 0 Å². The van der Waals surface area contributed by atoms with E-state index in [9.17, 15) is 0 Å². The first-order chi connectivity index (χ1) is 8.45. The van der Waals surface area contributed by atoms with Crippen molar-refractivity contribution in [3.05, 3.63) is 45.3 Å². The van der Waals surface area contributed by atoms with E-state index in [1.807, 2.05) is 26.0 Å². The second-order valence-corrected chi connectivity index (χ2v) is 4.81. The quantitative estimate of drug-likeness (QED) is 0.761. The summed E-state index contributed by atoms with van der Waals surface area (Å²) < 4.78 is 5.66. The van der Waals surface area contributed by atoms with Crippen LogP contribution in [0.5, 0.6) is 11.6 Å². The number of halogens is 2. The van der Waals surface area contributed by atoms with Gasteiger partial charge in [-0.1, -0.05) is 23.2 Å². The molecule has 0 atom stereocenters. The van der Waals surface area contributed by atoms with Gasteiger partial charge in [0.25, 0.3) is 0 Å². The highest BCUT2D eigenvalue weighted by Gasteiger charge is 2.06. The summed E-state index contributed by atoms with van der Waals surface area (Å²) >= 11 is 12.0. The largest absolute Gasteiger partial charge is 0.439 e. The smallest absolute Gasteiger partial charge is 0.224 e. The van der Waals surface area contributed by atoms with Crippen LogP contribution < -0.4 is 4.74 Å². The van der Waals surface area contributed by atoms with Crippen LogP contribution in [0.2, 0.25) is 10.2 Å². The number of benzene rings is 1. The van der Waals surface area contributed by atoms with Gasteiger partial charge in [0.05, 0.1) is 0 Å². The Bertz CT molecular complexity index is 556. The number of hydrogen-bond acceptors (Lipinski definition) is 3. The lowest BCUT2D eigenvalue weighted by Crippen LogP contribution is -1.94. The van der Waals surface area contributed by atoms with Crippen molar-refractivity contribution >= 4 is 23.2 Å². The van der Waals surface area contributed by atoms with Crippen LogP contribution >= 0.6 is 23.2 Å². The maximum atomic E-state index is 6.10. The van der Waals surface area contributed by atoms with Gasteiger partial charge in [0.2, 0.25) is 5.88 Å². The Morgan fingerprint density at radius 3 is 2.11 bits per heavy atom. The average molecular weight is 283 g/mol. The molecule has 0 aliphatic rings. The third-order valence-corrected chi connectivity index (χ3v) is 3.21. The predicted octanol–water partition coefficient (Wildman–Crippen LogP) is 4.50. The normalized spacial score (nSPS) is 10.5. The molecule has 0 N–H and O–H groups in total. The molecule has 0 bridgehead atoms. The van der Waals surface area contributed by atoms with Gasteiger partial charge in [-0.15, -0.1) is 0 Å². The molecule has 1 heterocycles. The van der Waals surface area contributed by atoms with Gasteiger partial charge in [0.1, 0.15) is 16.7 Å². The van der Waals surface area contributed by atoms with E-state index >= 15 is 0 Å². The molecule has 1 aromatic carbocycles. The van der Waals surface area contributed by atoms with Crippen LogP contribution in [0.3, 0.4) is 0 Å². The number of rotatable bonds is 2. The Morgan fingerprint density at radius 2 is 1.56 bits per heavy atom. The van der Waals surface area contributed by atoms with E-state index < -0.39 is 0 Å². The molecule has 0 fully saturated rings. The maximum absolute atomic E-state index is 6.10. The summed E-state index contributed by atoms with van der Waals surface area (Å²) in [5, 5.41) is 1.11. The fourth-order valence-corrected chi connectivity index (χ4v) is 1.97. The zero-order valence-electron chi connectivity index (χ0n) is 10.3. The van der Waals surface area contributed by atoms with E-state index in [-0.39, 0.29) is 0 Å². The molecule has 94 valence electrons. The third-order valence-electron chi connectivity index (χ3n) is 2.42. The minimum atomic E-state index is 0.361. The van der Waals surface area contributed by atoms with Crippen molar-refractivity contribution in [1.82, 2.24) is 9.97 Å². The summed E-state index contributed by atoms with van der Waals surface area (Å²) in [5.74, 6) is 1.68. The molecule has 3 nitrogen and oxygen atoms in total. The fraction of sp³-hybridized carbons (Fsp3) is 0.231. The average Bonchev–Trinajstić information content (AvgIpc) is 2.24. The molecule has 18 heavy (non-hydrogen) atoms. The van der Waals surface area contributed by atoms with E-state index in [4.69, 9.17) is 27.9 Å². The zero-order valence-corrected chi connectivity index (χ0v) is 11.8. The Morgan fingerprint density at radius 1 is 0.944 bits per heavy atom. The number of aryl methyl sites for hydroxylation is 3. The minimum Gasteiger partial charge on any atom is -0.439 e. The van der Waals surface area contributed by atoms with E-state index in [1.165, 1.54) is 0 Å². The number of nitrogens with zero attached hydrogens (tertiary/aromatic N) is 2. The topological polar surface area (TPSA) is 35.0 Å². The molecule has 0 aliphatic carbocycles. The van der Waals surface area contributed by atoms with Gasteiger partial charge < -0.3 is 4.74 Å². The molecule has 2 aromatic rings. The third kappa shape index (κ3) is 2.92. The van der Waals surface area contributed by atoms with Crippen molar-refractivity contribution in [1.29, 1.82) is 0 Å². The van der Waals surface area contributed by atoms with Crippen LogP contribution in [-0.2, 0) is 0 Å². The van der Waals surface area contributed by atoms with Crippen molar-refractivity contribution in [3.8, 4) is 11.6 Å². The first-order valence-electron chi connectivity index (χ1n) is 5.41. The Balaban J connectivity index is 2.34. The summed E-state index contributed by atoms with van der Waals surface area (Å²) in [6.07, 6.45) is 0. The standard InChI is InChI=1S/C13H12Cl2N2O/c1-7-4-10(5-8(2)13(7)15)18-12-6-11(14)16-9(3)17-12/h4-6H,1-3H3. The van der Waals surface area contributed by atoms with Crippen LogP contribution in [0, 0.1) is 20.8 Å². The highest BCUT2D eigenvalue weighted by Crippen LogP contribution is 2.29. The monoisotopic (exact) mass is 282 g/mol. The number of aromatic nitrogens is 2. The highest BCUT2D eigenvalue weighted by molar-refractivity contribution is 6.32.